The van der Waals surface area contributed by atoms with Crippen LogP contribution in [-0.4, -0.2) is 26.2 Å². The number of unbranched alkanes of at least 4 members (excludes halogenated alkanes) is 1. The van der Waals surface area contributed by atoms with E-state index in [1.165, 1.54) is 23.1 Å². The van der Waals surface area contributed by atoms with E-state index in [-0.39, 0.29) is 17.2 Å². The number of benzene rings is 1. The first-order valence-electron chi connectivity index (χ1n) is 10.3. The predicted molar refractivity (Wildman–Crippen MR) is 129 cm³/mol. The Morgan fingerprint density at radius 1 is 1.19 bits per heavy atom. The summed E-state index contributed by atoms with van der Waals surface area (Å²) in [5.41, 5.74) is 3.50. The molecule has 3 heterocycles. The minimum atomic E-state index is -0.115. The number of para-hydroxylation sites is 1. The average molecular weight is 453 g/mol. The van der Waals surface area contributed by atoms with Gasteiger partial charge in [0, 0.05) is 23.8 Å². The van der Waals surface area contributed by atoms with Gasteiger partial charge in [-0.15, -0.1) is 11.3 Å². The Labute approximate surface area is 188 Å². The number of carbonyl (C=O) groups is 1. The van der Waals surface area contributed by atoms with Gasteiger partial charge in [-0.25, -0.2) is 9.97 Å². The first-order valence-corrected chi connectivity index (χ1v) is 12.1. The van der Waals surface area contributed by atoms with Crippen molar-refractivity contribution in [1.82, 2.24) is 14.5 Å². The van der Waals surface area contributed by atoms with Gasteiger partial charge in [0.2, 0.25) is 5.91 Å². The van der Waals surface area contributed by atoms with E-state index in [2.05, 4.69) is 17.2 Å². The second-order valence-electron chi connectivity index (χ2n) is 7.44. The fraction of sp³-hybridized carbons (Fsp3) is 0.304. The molecule has 0 spiro atoms. The summed E-state index contributed by atoms with van der Waals surface area (Å²) in [5, 5.41) is 4.46. The van der Waals surface area contributed by atoms with Crippen molar-refractivity contribution < 1.29 is 4.79 Å². The van der Waals surface area contributed by atoms with Gasteiger partial charge in [-0.05, 0) is 43.5 Å². The van der Waals surface area contributed by atoms with Gasteiger partial charge in [-0.2, -0.15) is 0 Å². The van der Waals surface area contributed by atoms with Gasteiger partial charge in [-0.1, -0.05) is 43.3 Å². The van der Waals surface area contributed by atoms with Crippen molar-refractivity contribution in [3.05, 3.63) is 58.0 Å². The Kier molecular flexibility index (Phi) is 6.38. The summed E-state index contributed by atoms with van der Waals surface area (Å²) in [6.45, 7) is 6.62. The normalized spacial score (nSPS) is 11.3. The molecule has 0 aliphatic carbocycles. The fourth-order valence-corrected chi connectivity index (χ4v) is 5.33. The number of nitrogens with one attached hydrogen (secondary N) is 1. The predicted octanol–water partition coefficient (Wildman–Crippen LogP) is 5.15. The molecule has 0 bridgehead atoms. The molecular weight excluding hydrogens is 428 g/mol. The lowest BCUT2D eigenvalue weighted by Gasteiger charge is -2.13. The molecule has 0 saturated carbocycles. The van der Waals surface area contributed by atoms with Gasteiger partial charge in [0.1, 0.15) is 9.53 Å². The number of pyridine rings is 1. The summed E-state index contributed by atoms with van der Waals surface area (Å²) >= 11 is 2.68. The standard InChI is InChI=1S/C23H24N4O2S2/c1-4-5-12-27-22(29)20-19(16-10-7-11-24-21(16)31-20)26-23(27)30-13-17(28)25-18-14(2)8-6-9-15(18)3/h6-11H,4-5,12-13H2,1-3H3,(H,25,28). The number of rotatable bonds is 7. The molecular formula is C23H24N4O2S2. The topological polar surface area (TPSA) is 76.9 Å². The molecule has 1 N–H and O–H groups in total. The molecule has 0 fully saturated rings. The molecule has 3 aromatic heterocycles. The third-order valence-corrected chi connectivity index (χ3v) is 7.20. The highest BCUT2D eigenvalue weighted by Gasteiger charge is 2.18. The summed E-state index contributed by atoms with van der Waals surface area (Å²) in [6.07, 6.45) is 3.56. The number of anilines is 1. The summed E-state index contributed by atoms with van der Waals surface area (Å²) < 4.78 is 2.33. The molecule has 31 heavy (non-hydrogen) atoms. The van der Waals surface area contributed by atoms with Gasteiger partial charge < -0.3 is 5.32 Å². The van der Waals surface area contributed by atoms with Crippen molar-refractivity contribution in [2.75, 3.05) is 11.1 Å². The molecule has 0 aliphatic heterocycles. The van der Waals surface area contributed by atoms with Crippen LogP contribution in [0.25, 0.3) is 20.4 Å². The number of fused-ring (bicyclic) bond motifs is 3. The van der Waals surface area contributed by atoms with Gasteiger partial charge in [0.25, 0.3) is 5.56 Å². The van der Waals surface area contributed by atoms with E-state index in [1.807, 2.05) is 44.2 Å². The second kappa shape index (κ2) is 9.20. The van der Waals surface area contributed by atoms with Crippen LogP contribution in [0.1, 0.15) is 30.9 Å². The molecule has 0 atom stereocenters. The zero-order valence-electron chi connectivity index (χ0n) is 17.8. The highest BCUT2D eigenvalue weighted by atomic mass is 32.2. The Morgan fingerprint density at radius 2 is 1.97 bits per heavy atom. The highest BCUT2D eigenvalue weighted by Crippen LogP contribution is 2.30. The van der Waals surface area contributed by atoms with Crippen LogP contribution in [0.5, 0.6) is 0 Å². The van der Waals surface area contributed by atoms with Gasteiger partial charge in [0.15, 0.2) is 5.16 Å². The largest absolute Gasteiger partial charge is 0.325 e. The van der Waals surface area contributed by atoms with Crippen LogP contribution in [0.2, 0.25) is 0 Å². The summed E-state index contributed by atoms with van der Waals surface area (Å²) in [6, 6.07) is 9.71. The van der Waals surface area contributed by atoms with E-state index >= 15 is 0 Å². The molecule has 1 amide bonds. The van der Waals surface area contributed by atoms with Crippen molar-refractivity contribution >= 4 is 55.1 Å². The second-order valence-corrected chi connectivity index (χ2v) is 9.39. The van der Waals surface area contributed by atoms with Crippen LogP contribution in [0.4, 0.5) is 5.69 Å². The summed E-state index contributed by atoms with van der Waals surface area (Å²) in [4.78, 5) is 35.9. The van der Waals surface area contributed by atoms with E-state index in [1.54, 1.807) is 10.8 Å². The number of carbonyl (C=O) groups excluding carboxylic acids is 1. The molecule has 160 valence electrons. The monoisotopic (exact) mass is 452 g/mol. The number of nitrogens with zero attached hydrogens (tertiary/aromatic N) is 3. The van der Waals surface area contributed by atoms with Crippen LogP contribution in [0, 0.1) is 13.8 Å². The molecule has 1 aromatic carbocycles. The van der Waals surface area contributed by atoms with Crippen LogP contribution in [-0.2, 0) is 11.3 Å². The first-order chi connectivity index (χ1) is 15.0. The van der Waals surface area contributed by atoms with E-state index in [0.29, 0.717) is 21.9 Å². The van der Waals surface area contributed by atoms with Gasteiger partial charge in [0.05, 0.1) is 11.3 Å². The maximum absolute atomic E-state index is 13.2. The van der Waals surface area contributed by atoms with Crippen molar-refractivity contribution in [1.29, 1.82) is 0 Å². The highest BCUT2D eigenvalue weighted by molar-refractivity contribution is 7.99. The molecule has 0 radical (unpaired) electrons. The van der Waals surface area contributed by atoms with E-state index in [4.69, 9.17) is 4.98 Å². The average Bonchev–Trinajstić information content (AvgIpc) is 3.13. The third-order valence-electron chi connectivity index (χ3n) is 5.13. The zero-order chi connectivity index (χ0) is 22.0. The Bertz CT molecular complexity index is 1310. The van der Waals surface area contributed by atoms with Gasteiger partial charge in [-0.3, -0.25) is 14.2 Å². The van der Waals surface area contributed by atoms with Crippen LogP contribution in [0.3, 0.4) is 0 Å². The van der Waals surface area contributed by atoms with Crippen molar-refractivity contribution in [3.63, 3.8) is 0 Å². The maximum atomic E-state index is 13.2. The molecule has 6 nitrogen and oxygen atoms in total. The Balaban J connectivity index is 1.66. The lowest BCUT2D eigenvalue weighted by molar-refractivity contribution is -0.113. The van der Waals surface area contributed by atoms with Crippen molar-refractivity contribution in [2.24, 2.45) is 0 Å². The maximum Gasteiger partial charge on any atom is 0.272 e. The molecule has 0 aliphatic rings. The molecule has 0 unspecified atom stereocenters. The number of hydrogen-bond donors (Lipinski definition) is 1. The number of aromatic nitrogens is 3. The van der Waals surface area contributed by atoms with Crippen LogP contribution >= 0.6 is 23.1 Å². The summed E-state index contributed by atoms with van der Waals surface area (Å²) in [7, 11) is 0. The van der Waals surface area contributed by atoms with Gasteiger partial charge >= 0.3 is 0 Å². The zero-order valence-corrected chi connectivity index (χ0v) is 19.4. The minimum Gasteiger partial charge on any atom is -0.325 e. The first kappa shape index (κ1) is 21.5. The lowest BCUT2D eigenvalue weighted by Crippen LogP contribution is -2.24. The van der Waals surface area contributed by atoms with E-state index in [9.17, 15) is 9.59 Å². The molecule has 4 rings (SSSR count). The number of thioether (sulfide) groups is 1. The van der Waals surface area contributed by atoms with Crippen LogP contribution in [0.15, 0.2) is 46.5 Å². The minimum absolute atomic E-state index is 0.0564. The third kappa shape index (κ3) is 4.36. The molecule has 0 saturated heterocycles. The summed E-state index contributed by atoms with van der Waals surface area (Å²) in [5.74, 6) is 0.0636. The Hall–Kier alpha value is -2.71. The molecule has 8 heteroatoms. The smallest absolute Gasteiger partial charge is 0.272 e. The number of thiophene rings is 1. The number of aryl methyl sites for hydroxylation is 2. The number of amides is 1. The van der Waals surface area contributed by atoms with Crippen molar-refractivity contribution in [2.45, 2.75) is 45.3 Å². The van der Waals surface area contributed by atoms with E-state index in [0.717, 1.165) is 39.9 Å². The molecule has 4 aromatic rings. The van der Waals surface area contributed by atoms with Crippen molar-refractivity contribution in [3.8, 4) is 0 Å². The van der Waals surface area contributed by atoms with Crippen LogP contribution < -0.4 is 10.9 Å². The SMILES string of the molecule is CCCCn1c(SCC(=O)Nc2c(C)cccc2C)nc2c(sc3ncccc32)c1=O. The Morgan fingerprint density at radius 3 is 2.71 bits per heavy atom. The lowest BCUT2D eigenvalue weighted by atomic mass is 10.1. The van der Waals surface area contributed by atoms with E-state index < -0.39 is 0 Å². The fourth-order valence-electron chi connectivity index (χ4n) is 3.48. The number of hydrogen-bond acceptors (Lipinski definition) is 6. The quantitative estimate of drug-likeness (QED) is 0.310.